The lowest BCUT2D eigenvalue weighted by molar-refractivity contribution is 0.296. The van der Waals surface area contributed by atoms with Crippen LogP contribution in [0.25, 0.3) is 10.8 Å². The maximum atomic E-state index is 5.96. The van der Waals surface area contributed by atoms with Crippen molar-refractivity contribution in [3.63, 3.8) is 0 Å². The SMILES string of the molecule is CCCCOc1cc(C#Cc2ccc3ccc(C#Cc4cc(OCCCN)cc(OCCCN)c4)cc3c2)cc(OCCCN)c1. The molecule has 4 aromatic carbocycles. The molecule has 0 bridgehead atoms. The van der Waals surface area contributed by atoms with Gasteiger partial charge in [-0.2, -0.15) is 0 Å². The first-order valence-corrected chi connectivity index (χ1v) is 16.1. The van der Waals surface area contributed by atoms with Crippen molar-refractivity contribution in [3.8, 4) is 46.7 Å². The standard InChI is InChI=1S/C39H45N3O4/c1-2-3-18-43-36-24-32(25-37(28-36)44-19-4-15-40)9-7-30-11-13-34-14-12-31(23-35(34)22-30)8-10-33-26-38(45-20-5-16-41)29-39(27-33)46-21-6-17-42/h11-14,22-29H,2-6,15-21,40-42H2,1H3. The van der Waals surface area contributed by atoms with Crippen molar-refractivity contribution in [2.24, 2.45) is 17.2 Å². The molecule has 240 valence electrons. The molecule has 0 fully saturated rings. The van der Waals surface area contributed by atoms with E-state index < -0.39 is 0 Å². The predicted molar refractivity (Wildman–Crippen MR) is 187 cm³/mol. The third-order valence-electron chi connectivity index (χ3n) is 6.92. The second-order valence-electron chi connectivity index (χ2n) is 10.8. The van der Waals surface area contributed by atoms with Crippen LogP contribution in [-0.2, 0) is 0 Å². The third kappa shape index (κ3) is 11.4. The lowest BCUT2D eigenvalue weighted by Gasteiger charge is -2.10. The number of rotatable bonds is 16. The van der Waals surface area contributed by atoms with Crippen LogP contribution in [0.15, 0.2) is 72.8 Å². The van der Waals surface area contributed by atoms with E-state index in [2.05, 4.69) is 54.9 Å². The van der Waals surface area contributed by atoms with E-state index in [0.717, 1.165) is 76.6 Å². The van der Waals surface area contributed by atoms with E-state index in [0.29, 0.717) is 57.6 Å². The number of hydrogen-bond donors (Lipinski definition) is 3. The fourth-order valence-electron chi connectivity index (χ4n) is 4.47. The van der Waals surface area contributed by atoms with Crippen molar-refractivity contribution >= 4 is 10.8 Å². The molecule has 0 unspecified atom stereocenters. The van der Waals surface area contributed by atoms with Crippen LogP contribution in [0.5, 0.6) is 23.0 Å². The zero-order valence-electron chi connectivity index (χ0n) is 26.8. The molecule has 7 nitrogen and oxygen atoms in total. The number of benzene rings is 4. The molecular weight excluding hydrogens is 574 g/mol. The second-order valence-corrected chi connectivity index (χ2v) is 10.8. The normalized spacial score (nSPS) is 10.4. The largest absolute Gasteiger partial charge is 0.493 e. The fourth-order valence-corrected chi connectivity index (χ4v) is 4.47. The highest BCUT2D eigenvalue weighted by Crippen LogP contribution is 2.25. The topological polar surface area (TPSA) is 115 Å². The number of unbranched alkanes of at least 4 members (excludes halogenated alkanes) is 1. The van der Waals surface area contributed by atoms with E-state index in [9.17, 15) is 0 Å². The summed E-state index contributed by atoms with van der Waals surface area (Å²) in [5.74, 6) is 16.1. The first-order chi connectivity index (χ1) is 22.6. The summed E-state index contributed by atoms with van der Waals surface area (Å²) in [5, 5.41) is 2.18. The monoisotopic (exact) mass is 619 g/mol. The Kier molecular flexibility index (Phi) is 14.1. The summed E-state index contributed by atoms with van der Waals surface area (Å²) >= 11 is 0. The van der Waals surface area contributed by atoms with Crippen LogP contribution in [0.3, 0.4) is 0 Å². The third-order valence-corrected chi connectivity index (χ3v) is 6.92. The molecule has 4 aromatic rings. The predicted octanol–water partition coefficient (Wildman–Crippen LogP) is 6.00. The summed E-state index contributed by atoms with van der Waals surface area (Å²) in [6.07, 6.45) is 4.38. The summed E-state index contributed by atoms with van der Waals surface area (Å²) in [4.78, 5) is 0. The van der Waals surface area contributed by atoms with E-state index in [1.54, 1.807) is 0 Å². The van der Waals surface area contributed by atoms with Crippen LogP contribution in [0.2, 0.25) is 0 Å². The van der Waals surface area contributed by atoms with Gasteiger partial charge in [0.2, 0.25) is 0 Å². The van der Waals surface area contributed by atoms with Crippen molar-refractivity contribution in [2.45, 2.75) is 39.0 Å². The Morgan fingerprint density at radius 2 is 0.804 bits per heavy atom. The van der Waals surface area contributed by atoms with Crippen LogP contribution in [0, 0.1) is 23.7 Å². The van der Waals surface area contributed by atoms with Gasteiger partial charge in [0.15, 0.2) is 0 Å². The Morgan fingerprint density at radius 1 is 0.435 bits per heavy atom. The first kappa shape index (κ1) is 34.2. The maximum absolute atomic E-state index is 5.96. The van der Waals surface area contributed by atoms with Crippen LogP contribution >= 0.6 is 0 Å². The van der Waals surface area contributed by atoms with Gasteiger partial charge >= 0.3 is 0 Å². The molecule has 0 saturated heterocycles. The summed E-state index contributed by atoms with van der Waals surface area (Å²) < 4.78 is 23.6. The molecule has 0 heterocycles. The Hall–Kier alpha value is -4.66. The molecule has 0 saturated carbocycles. The average Bonchev–Trinajstić information content (AvgIpc) is 3.07. The summed E-state index contributed by atoms with van der Waals surface area (Å²) in [6.45, 7) is 6.14. The van der Waals surface area contributed by atoms with Gasteiger partial charge in [0.1, 0.15) is 23.0 Å². The minimum atomic E-state index is 0.535. The van der Waals surface area contributed by atoms with E-state index in [1.807, 2.05) is 48.5 Å². The van der Waals surface area contributed by atoms with Gasteiger partial charge in [0.25, 0.3) is 0 Å². The van der Waals surface area contributed by atoms with Gasteiger partial charge in [0, 0.05) is 34.4 Å². The van der Waals surface area contributed by atoms with Gasteiger partial charge in [0.05, 0.1) is 26.4 Å². The van der Waals surface area contributed by atoms with Gasteiger partial charge in [-0.3, -0.25) is 0 Å². The highest BCUT2D eigenvalue weighted by molar-refractivity contribution is 5.85. The molecule has 0 spiro atoms. The Bertz CT molecular complexity index is 1500. The molecule has 0 aliphatic carbocycles. The quantitative estimate of drug-likeness (QED) is 0.104. The van der Waals surface area contributed by atoms with Crippen molar-refractivity contribution in [3.05, 3.63) is 95.1 Å². The molecule has 0 amide bonds. The maximum Gasteiger partial charge on any atom is 0.124 e. The van der Waals surface area contributed by atoms with Crippen molar-refractivity contribution < 1.29 is 18.9 Å². The molecule has 0 atom stereocenters. The summed E-state index contributed by atoms with van der Waals surface area (Å²) in [7, 11) is 0. The average molecular weight is 620 g/mol. The zero-order chi connectivity index (χ0) is 32.4. The molecule has 0 aliphatic rings. The minimum Gasteiger partial charge on any atom is -0.493 e. The molecule has 4 rings (SSSR count). The van der Waals surface area contributed by atoms with E-state index in [4.69, 9.17) is 36.1 Å². The van der Waals surface area contributed by atoms with Gasteiger partial charge in [-0.1, -0.05) is 49.2 Å². The van der Waals surface area contributed by atoms with Gasteiger partial charge in [-0.15, -0.1) is 0 Å². The zero-order valence-corrected chi connectivity index (χ0v) is 26.8. The lowest BCUT2D eigenvalue weighted by Crippen LogP contribution is -2.07. The van der Waals surface area contributed by atoms with Gasteiger partial charge in [-0.25, -0.2) is 0 Å². The van der Waals surface area contributed by atoms with Gasteiger partial charge < -0.3 is 36.1 Å². The number of nitrogens with two attached hydrogens (primary N) is 3. The lowest BCUT2D eigenvalue weighted by atomic mass is 10.0. The smallest absolute Gasteiger partial charge is 0.124 e. The van der Waals surface area contributed by atoms with Crippen molar-refractivity contribution in [2.75, 3.05) is 46.1 Å². The number of hydrogen-bond acceptors (Lipinski definition) is 7. The number of fused-ring (bicyclic) bond motifs is 1. The van der Waals surface area contributed by atoms with Crippen LogP contribution < -0.4 is 36.1 Å². The van der Waals surface area contributed by atoms with Crippen molar-refractivity contribution in [1.82, 2.24) is 0 Å². The molecule has 6 N–H and O–H groups in total. The molecular formula is C39H45N3O4. The highest BCUT2D eigenvalue weighted by Gasteiger charge is 2.05. The first-order valence-electron chi connectivity index (χ1n) is 16.1. The van der Waals surface area contributed by atoms with Crippen LogP contribution in [0.4, 0.5) is 0 Å². The highest BCUT2D eigenvalue weighted by atomic mass is 16.5. The molecule has 0 aliphatic heterocycles. The summed E-state index contributed by atoms with van der Waals surface area (Å²) in [5.41, 5.74) is 20.3. The van der Waals surface area contributed by atoms with Crippen LogP contribution in [-0.4, -0.2) is 46.1 Å². The molecule has 0 aromatic heterocycles. The van der Waals surface area contributed by atoms with Crippen molar-refractivity contribution in [1.29, 1.82) is 0 Å². The minimum absolute atomic E-state index is 0.535. The van der Waals surface area contributed by atoms with E-state index in [-0.39, 0.29) is 0 Å². The van der Waals surface area contributed by atoms with E-state index >= 15 is 0 Å². The number of ether oxygens (including phenoxy) is 4. The van der Waals surface area contributed by atoms with E-state index in [1.165, 1.54) is 0 Å². The Morgan fingerprint density at radius 3 is 1.17 bits per heavy atom. The molecule has 7 heteroatoms. The summed E-state index contributed by atoms with van der Waals surface area (Å²) in [6, 6.07) is 23.9. The Labute approximate surface area is 273 Å². The Balaban J connectivity index is 1.56. The van der Waals surface area contributed by atoms with Gasteiger partial charge in [-0.05, 0) is 105 Å². The second kappa shape index (κ2) is 19.0. The van der Waals surface area contributed by atoms with Crippen LogP contribution in [0.1, 0.15) is 61.3 Å². The fraction of sp³-hybridized carbons (Fsp3) is 0.333. The molecule has 46 heavy (non-hydrogen) atoms. The molecule has 0 radical (unpaired) electrons.